The Hall–Kier alpha value is -2.42. The second-order valence-electron chi connectivity index (χ2n) is 6.11. The number of hydrogen-bond acceptors (Lipinski definition) is 5. The highest BCUT2D eigenvalue weighted by Gasteiger charge is 2.19. The molecule has 0 atom stereocenters. The summed E-state index contributed by atoms with van der Waals surface area (Å²) < 4.78 is 37.5. The summed E-state index contributed by atoms with van der Waals surface area (Å²) in [6.45, 7) is 4.38. The van der Waals surface area contributed by atoms with Gasteiger partial charge in [0.15, 0.2) is 0 Å². The van der Waals surface area contributed by atoms with Gasteiger partial charge in [0.25, 0.3) is 10.0 Å². The van der Waals surface area contributed by atoms with Crippen LogP contribution in [-0.4, -0.2) is 13.0 Å². The minimum absolute atomic E-state index is 0.241. The summed E-state index contributed by atoms with van der Waals surface area (Å²) in [5, 5.41) is 4.67. The highest BCUT2D eigenvalue weighted by Crippen LogP contribution is 2.34. The van der Waals surface area contributed by atoms with Gasteiger partial charge in [-0.15, -0.1) is 27.1 Å². The molecular formula is C20H18N2O3S3. The highest BCUT2D eigenvalue weighted by atomic mass is 32.2. The van der Waals surface area contributed by atoms with Crippen molar-refractivity contribution < 1.29 is 12.8 Å². The van der Waals surface area contributed by atoms with E-state index >= 15 is 0 Å². The van der Waals surface area contributed by atoms with Crippen LogP contribution in [0.2, 0.25) is 0 Å². The molecule has 8 heteroatoms. The first kappa shape index (κ1) is 18.9. The van der Waals surface area contributed by atoms with Crippen LogP contribution in [-0.2, 0) is 16.6 Å². The fourth-order valence-corrected chi connectivity index (χ4v) is 6.12. The molecule has 4 aromatic rings. The molecule has 0 fully saturated rings. The SMILES string of the molecule is CC=CCn1c(-c2c(C)oc3ccccc23)csc1=NS(=O)(=O)c1cccs1. The molecule has 0 saturated heterocycles. The van der Waals surface area contributed by atoms with Crippen molar-refractivity contribution in [2.75, 3.05) is 0 Å². The first-order valence-electron chi connectivity index (χ1n) is 8.64. The molecule has 4 rings (SSSR count). The number of sulfonamides is 1. The van der Waals surface area contributed by atoms with Crippen molar-refractivity contribution in [2.24, 2.45) is 4.40 Å². The Balaban J connectivity index is 1.95. The average molecular weight is 431 g/mol. The maximum absolute atomic E-state index is 12.7. The number of furan rings is 1. The van der Waals surface area contributed by atoms with E-state index in [1.54, 1.807) is 17.5 Å². The lowest BCUT2D eigenvalue weighted by molar-refractivity contribution is 0.579. The third kappa shape index (κ3) is 3.39. The molecule has 144 valence electrons. The molecule has 0 bridgehead atoms. The Labute approximate surface area is 171 Å². The van der Waals surface area contributed by atoms with Gasteiger partial charge in [0.1, 0.15) is 15.6 Å². The number of hydrogen-bond donors (Lipinski definition) is 0. The number of fused-ring (bicyclic) bond motifs is 1. The summed E-state index contributed by atoms with van der Waals surface area (Å²) in [7, 11) is -3.74. The molecule has 0 aliphatic heterocycles. The van der Waals surface area contributed by atoms with Crippen LogP contribution in [0.3, 0.4) is 0 Å². The summed E-state index contributed by atoms with van der Waals surface area (Å²) in [5.41, 5.74) is 2.67. The van der Waals surface area contributed by atoms with Crippen LogP contribution in [0.4, 0.5) is 0 Å². The zero-order chi connectivity index (χ0) is 19.7. The number of aryl methyl sites for hydroxylation is 1. The normalized spacial score (nSPS) is 13.1. The highest BCUT2D eigenvalue weighted by molar-refractivity contribution is 7.92. The zero-order valence-corrected chi connectivity index (χ0v) is 17.8. The fourth-order valence-electron chi connectivity index (χ4n) is 3.03. The Kier molecular flexibility index (Phi) is 5.09. The molecule has 0 aliphatic rings. The van der Waals surface area contributed by atoms with Crippen LogP contribution < -0.4 is 4.80 Å². The molecular weight excluding hydrogens is 412 g/mol. The van der Waals surface area contributed by atoms with Gasteiger partial charge in [-0.25, -0.2) is 0 Å². The Bertz CT molecular complexity index is 1320. The lowest BCUT2D eigenvalue weighted by Crippen LogP contribution is -2.17. The Morgan fingerprint density at radius 3 is 2.75 bits per heavy atom. The molecule has 1 aromatic carbocycles. The molecule has 0 unspecified atom stereocenters. The van der Waals surface area contributed by atoms with Crippen LogP contribution in [0.1, 0.15) is 12.7 Å². The quantitative estimate of drug-likeness (QED) is 0.409. The molecule has 0 amide bonds. The molecule has 0 spiro atoms. The first-order valence-corrected chi connectivity index (χ1v) is 11.8. The van der Waals surface area contributed by atoms with Crippen molar-refractivity contribution in [3.8, 4) is 11.3 Å². The molecule has 0 N–H and O–H groups in total. The van der Waals surface area contributed by atoms with Gasteiger partial charge in [0.2, 0.25) is 4.80 Å². The largest absolute Gasteiger partial charge is 0.461 e. The number of thiazole rings is 1. The molecule has 3 heterocycles. The van der Waals surface area contributed by atoms with Gasteiger partial charge in [-0.3, -0.25) is 0 Å². The summed E-state index contributed by atoms with van der Waals surface area (Å²) in [6, 6.07) is 11.1. The molecule has 0 radical (unpaired) electrons. The average Bonchev–Trinajstić information content (AvgIpc) is 3.38. The van der Waals surface area contributed by atoms with Gasteiger partial charge in [-0.05, 0) is 31.4 Å². The number of benzene rings is 1. The van der Waals surface area contributed by atoms with Crippen molar-refractivity contribution >= 4 is 43.7 Å². The Morgan fingerprint density at radius 1 is 1.18 bits per heavy atom. The number of para-hydroxylation sites is 1. The lowest BCUT2D eigenvalue weighted by atomic mass is 10.1. The number of allylic oxidation sites excluding steroid dienone is 2. The zero-order valence-electron chi connectivity index (χ0n) is 15.3. The molecule has 3 aromatic heterocycles. The predicted octanol–water partition coefficient (Wildman–Crippen LogP) is 5.20. The van der Waals surface area contributed by atoms with E-state index in [1.165, 1.54) is 22.7 Å². The maximum atomic E-state index is 12.7. The van der Waals surface area contributed by atoms with E-state index < -0.39 is 10.0 Å². The Morgan fingerprint density at radius 2 is 2.00 bits per heavy atom. The maximum Gasteiger partial charge on any atom is 0.294 e. The number of aromatic nitrogens is 1. The first-order chi connectivity index (χ1) is 13.5. The van der Waals surface area contributed by atoms with Crippen molar-refractivity contribution in [3.63, 3.8) is 0 Å². The van der Waals surface area contributed by atoms with Gasteiger partial charge in [-0.2, -0.15) is 8.42 Å². The third-order valence-electron chi connectivity index (χ3n) is 4.30. The van der Waals surface area contributed by atoms with Crippen LogP contribution in [0.5, 0.6) is 0 Å². The smallest absolute Gasteiger partial charge is 0.294 e. The summed E-state index contributed by atoms with van der Waals surface area (Å²) in [5.74, 6) is 0.792. The number of rotatable bonds is 5. The summed E-state index contributed by atoms with van der Waals surface area (Å²) >= 11 is 2.48. The van der Waals surface area contributed by atoms with Crippen molar-refractivity contribution in [1.82, 2.24) is 4.57 Å². The standard InChI is InChI=1S/C20H18N2O3S3/c1-3-4-11-22-16(19-14(2)25-17-9-6-5-8-15(17)19)13-27-20(22)21-28(23,24)18-10-7-12-26-18/h3-10,12-13H,11H2,1-2H3. The van der Waals surface area contributed by atoms with Crippen LogP contribution in [0, 0.1) is 6.92 Å². The van der Waals surface area contributed by atoms with E-state index in [9.17, 15) is 8.42 Å². The van der Waals surface area contributed by atoms with Gasteiger partial charge < -0.3 is 8.98 Å². The molecule has 28 heavy (non-hydrogen) atoms. The van der Waals surface area contributed by atoms with E-state index in [2.05, 4.69) is 4.40 Å². The van der Waals surface area contributed by atoms with Gasteiger partial charge >= 0.3 is 0 Å². The van der Waals surface area contributed by atoms with E-state index in [-0.39, 0.29) is 4.21 Å². The van der Waals surface area contributed by atoms with Crippen LogP contribution >= 0.6 is 22.7 Å². The van der Waals surface area contributed by atoms with Crippen molar-refractivity contribution in [1.29, 1.82) is 0 Å². The van der Waals surface area contributed by atoms with Gasteiger partial charge in [0, 0.05) is 22.9 Å². The van der Waals surface area contributed by atoms with Crippen molar-refractivity contribution in [3.05, 3.63) is 69.9 Å². The topological polar surface area (TPSA) is 64.6 Å². The van der Waals surface area contributed by atoms with Crippen molar-refractivity contribution in [2.45, 2.75) is 24.6 Å². The van der Waals surface area contributed by atoms with Gasteiger partial charge in [-0.1, -0.05) is 36.4 Å². The van der Waals surface area contributed by atoms with E-state index in [0.717, 1.165) is 28.0 Å². The van der Waals surface area contributed by atoms with E-state index in [0.29, 0.717) is 11.3 Å². The third-order valence-corrected chi connectivity index (χ3v) is 7.92. The minimum atomic E-state index is -3.74. The minimum Gasteiger partial charge on any atom is -0.461 e. The number of nitrogens with zero attached hydrogens (tertiary/aromatic N) is 2. The number of thiophene rings is 1. The van der Waals surface area contributed by atoms with E-state index in [4.69, 9.17) is 4.42 Å². The lowest BCUT2D eigenvalue weighted by Gasteiger charge is -2.06. The van der Waals surface area contributed by atoms with Crippen LogP contribution in [0.25, 0.3) is 22.2 Å². The van der Waals surface area contributed by atoms with E-state index in [1.807, 2.05) is 60.2 Å². The molecule has 5 nitrogen and oxygen atoms in total. The second-order valence-corrected chi connectivity index (χ2v) is 9.73. The predicted molar refractivity (Wildman–Crippen MR) is 114 cm³/mol. The molecule has 0 aliphatic carbocycles. The fraction of sp³-hybridized carbons (Fsp3) is 0.150. The second kappa shape index (κ2) is 7.54. The van der Waals surface area contributed by atoms with Crippen LogP contribution in [0.15, 0.2) is 72.3 Å². The monoisotopic (exact) mass is 430 g/mol. The summed E-state index contributed by atoms with van der Waals surface area (Å²) in [4.78, 5) is 0.436. The van der Waals surface area contributed by atoms with Gasteiger partial charge in [0.05, 0.1) is 5.69 Å². The summed E-state index contributed by atoms with van der Waals surface area (Å²) in [6.07, 6.45) is 3.91. The molecule has 0 saturated carbocycles.